The molecule has 182 valence electrons. The second-order valence-electron chi connectivity index (χ2n) is 10.1. The van der Waals surface area contributed by atoms with Crippen molar-refractivity contribution in [2.24, 2.45) is 16.7 Å². The predicted molar refractivity (Wildman–Crippen MR) is 134 cm³/mol. The molecular weight excluding hydrogens is 522 g/mol. The topological polar surface area (TPSA) is 84.9 Å². The van der Waals surface area contributed by atoms with Crippen molar-refractivity contribution in [2.75, 3.05) is 5.32 Å². The van der Waals surface area contributed by atoms with Crippen LogP contribution < -0.4 is 10.1 Å². The molecule has 2 fully saturated rings. The largest absolute Gasteiger partial charge is 0.506 e. The van der Waals surface area contributed by atoms with Gasteiger partial charge in [-0.25, -0.2) is 4.79 Å². The molecule has 6 nitrogen and oxygen atoms in total. The number of esters is 2. The number of hydrogen-bond donors (Lipinski definition) is 2. The smallest absolute Gasteiger partial charge is 0.342 e. The second-order valence-corrected chi connectivity index (χ2v) is 11.4. The van der Waals surface area contributed by atoms with Crippen LogP contribution in [0, 0.1) is 16.7 Å². The Morgan fingerprint density at radius 2 is 1.97 bits per heavy atom. The standard InChI is InChI=1S/C26H29BrClNO5/c1-14(30)33-21-12-18(29-13-15-9-17(27)11-20(28)23(15)31)5-6-19(21)24(32)34-22-10-16-7-8-26(22,4)25(16,2)3/h5-6,9,11-12,16,22,29,31H,7-8,10,13H2,1-4H3. The number of fused-ring (bicyclic) bond motifs is 2. The van der Waals surface area contributed by atoms with Crippen molar-refractivity contribution < 1.29 is 24.2 Å². The zero-order valence-corrected chi connectivity index (χ0v) is 22.0. The second kappa shape index (κ2) is 9.08. The minimum atomic E-state index is -0.532. The van der Waals surface area contributed by atoms with Crippen LogP contribution in [-0.4, -0.2) is 23.1 Å². The quantitative estimate of drug-likeness (QED) is 0.307. The summed E-state index contributed by atoms with van der Waals surface area (Å²) in [5, 5.41) is 13.6. The highest BCUT2D eigenvalue weighted by molar-refractivity contribution is 9.10. The van der Waals surface area contributed by atoms with E-state index < -0.39 is 11.9 Å². The number of nitrogens with one attached hydrogen (secondary N) is 1. The summed E-state index contributed by atoms with van der Waals surface area (Å²) in [6, 6.07) is 8.26. The Labute approximate surface area is 213 Å². The van der Waals surface area contributed by atoms with Gasteiger partial charge in [0.05, 0.1) is 5.02 Å². The SMILES string of the molecule is CC(=O)Oc1cc(NCc2cc(Br)cc(Cl)c2O)ccc1C(=O)OC1CC2CCC1(C)C2(C)C. The van der Waals surface area contributed by atoms with Gasteiger partial charge in [-0.2, -0.15) is 0 Å². The molecule has 0 saturated heterocycles. The Morgan fingerprint density at radius 1 is 1.24 bits per heavy atom. The summed E-state index contributed by atoms with van der Waals surface area (Å²) < 4.78 is 12.1. The van der Waals surface area contributed by atoms with Gasteiger partial charge in [0.15, 0.2) is 0 Å². The van der Waals surface area contributed by atoms with Crippen molar-refractivity contribution in [3.05, 3.63) is 51.0 Å². The molecule has 34 heavy (non-hydrogen) atoms. The Hall–Kier alpha value is -2.25. The van der Waals surface area contributed by atoms with E-state index in [1.54, 1.807) is 30.3 Å². The first kappa shape index (κ1) is 24.9. The van der Waals surface area contributed by atoms with Crippen LogP contribution in [0.25, 0.3) is 0 Å². The van der Waals surface area contributed by atoms with Crippen molar-refractivity contribution in [1.29, 1.82) is 0 Å². The number of halogens is 2. The number of anilines is 1. The van der Waals surface area contributed by atoms with E-state index in [-0.39, 0.29) is 45.6 Å². The molecule has 0 amide bonds. The van der Waals surface area contributed by atoms with Gasteiger partial charge in [-0.05, 0) is 54.9 Å². The van der Waals surface area contributed by atoms with E-state index in [9.17, 15) is 14.7 Å². The minimum Gasteiger partial charge on any atom is -0.506 e. The van der Waals surface area contributed by atoms with Gasteiger partial charge in [-0.1, -0.05) is 48.3 Å². The Bertz CT molecular complexity index is 1150. The zero-order chi connectivity index (χ0) is 24.8. The van der Waals surface area contributed by atoms with Gasteiger partial charge < -0.3 is 19.9 Å². The van der Waals surface area contributed by atoms with Crippen molar-refractivity contribution in [3.63, 3.8) is 0 Å². The van der Waals surface area contributed by atoms with Gasteiger partial charge in [0.25, 0.3) is 0 Å². The highest BCUT2D eigenvalue weighted by Crippen LogP contribution is 2.66. The molecule has 2 N–H and O–H groups in total. The van der Waals surface area contributed by atoms with Gasteiger partial charge in [-0.3, -0.25) is 4.79 Å². The number of carbonyl (C=O) groups excluding carboxylic acids is 2. The van der Waals surface area contributed by atoms with E-state index in [0.29, 0.717) is 17.2 Å². The van der Waals surface area contributed by atoms with Crippen LogP contribution in [0.3, 0.4) is 0 Å². The number of rotatable bonds is 6. The molecule has 8 heteroatoms. The fourth-order valence-electron chi connectivity index (χ4n) is 5.49. The fraction of sp³-hybridized carbons (Fsp3) is 0.462. The lowest BCUT2D eigenvalue weighted by Crippen LogP contribution is -2.38. The van der Waals surface area contributed by atoms with Crippen LogP contribution in [0.15, 0.2) is 34.8 Å². The lowest BCUT2D eigenvalue weighted by Gasteiger charge is -2.38. The summed E-state index contributed by atoms with van der Waals surface area (Å²) in [7, 11) is 0. The first-order valence-corrected chi connectivity index (χ1v) is 12.5. The maximum absolute atomic E-state index is 13.2. The van der Waals surface area contributed by atoms with E-state index in [4.69, 9.17) is 21.1 Å². The summed E-state index contributed by atoms with van der Waals surface area (Å²) in [6.45, 7) is 8.29. The normalized spacial score (nSPS) is 24.6. The third-order valence-electron chi connectivity index (χ3n) is 8.01. The van der Waals surface area contributed by atoms with Crippen LogP contribution in [0.1, 0.15) is 62.9 Å². The molecule has 0 aliphatic heterocycles. The Morgan fingerprint density at radius 3 is 2.59 bits per heavy atom. The Kier molecular flexibility index (Phi) is 6.64. The van der Waals surface area contributed by atoms with Gasteiger partial charge in [0, 0.05) is 40.7 Å². The molecule has 2 aromatic rings. The fourth-order valence-corrected chi connectivity index (χ4v) is 6.37. The maximum atomic E-state index is 13.2. The Balaban J connectivity index is 1.53. The molecule has 2 bridgehead atoms. The molecule has 0 radical (unpaired) electrons. The molecule has 2 saturated carbocycles. The van der Waals surface area contributed by atoms with Gasteiger partial charge in [-0.15, -0.1) is 0 Å². The van der Waals surface area contributed by atoms with Crippen LogP contribution in [0.4, 0.5) is 5.69 Å². The first-order valence-electron chi connectivity index (χ1n) is 11.4. The number of carbonyl (C=O) groups is 2. The number of hydrogen-bond acceptors (Lipinski definition) is 6. The van der Waals surface area contributed by atoms with Crippen molar-refractivity contribution in [2.45, 2.75) is 59.6 Å². The average Bonchev–Trinajstić information content (AvgIpc) is 3.08. The average molecular weight is 551 g/mol. The van der Waals surface area contributed by atoms with E-state index in [2.05, 4.69) is 42.0 Å². The van der Waals surface area contributed by atoms with E-state index >= 15 is 0 Å². The molecule has 3 atom stereocenters. The monoisotopic (exact) mass is 549 g/mol. The lowest BCUT2D eigenvalue weighted by molar-refractivity contribution is -0.131. The summed E-state index contributed by atoms with van der Waals surface area (Å²) in [6.07, 6.45) is 2.89. The van der Waals surface area contributed by atoms with E-state index in [1.807, 2.05) is 0 Å². The highest BCUT2D eigenvalue weighted by atomic mass is 79.9. The number of phenolic OH excluding ortho intramolecular Hbond substituents is 1. The molecule has 4 rings (SSSR count). The molecule has 2 aliphatic rings. The summed E-state index contributed by atoms with van der Waals surface area (Å²) >= 11 is 9.41. The van der Waals surface area contributed by atoms with Crippen molar-refractivity contribution >= 4 is 45.2 Å². The molecule has 3 unspecified atom stereocenters. The molecule has 2 aliphatic carbocycles. The van der Waals surface area contributed by atoms with Crippen molar-refractivity contribution in [3.8, 4) is 11.5 Å². The van der Waals surface area contributed by atoms with E-state index in [1.165, 1.54) is 6.92 Å². The number of ether oxygens (including phenoxy) is 2. The third-order valence-corrected chi connectivity index (χ3v) is 8.75. The number of aromatic hydroxyl groups is 1. The molecule has 0 aromatic heterocycles. The first-order chi connectivity index (χ1) is 15.9. The highest BCUT2D eigenvalue weighted by Gasteiger charge is 2.62. The third kappa shape index (κ3) is 4.40. The summed E-state index contributed by atoms with van der Waals surface area (Å²) in [4.78, 5) is 24.9. The van der Waals surface area contributed by atoms with Crippen LogP contribution in [-0.2, 0) is 16.1 Å². The van der Waals surface area contributed by atoms with Crippen molar-refractivity contribution in [1.82, 2.24) is 0 Å². The molecule has 2 aromatic carbocycles. The summed E-state index contributed by atoms with van der Waals surface area (Å²) in [5.41, 5.74) is 1.45. The number of phenols is 1. The molecule has 0 heterocycles. The molecular formula is C26H29BrClNO5. The van der Waals surface area contributed by atoms with E-state index in [0.717, 1.165) is 23.7 Å². The zero-order valence-electron chi connectivity index (χ0n) is 19.7. The molecule has 0 spiro atoms. The minimum absolute atomic E-state index is 0.0138. The van der Waals surface area contributed by atoms with Crippen LogP contribution in [0.5, 0.6) is 11.5 Å². The van der Waals surface area contributed by atoms with Crippen LogP contribution in [0.2, 0.25) is 5.02 Å². The van der Waals surface area contributed by atoms with Gasteiger partial charge >= 0.3 is 11.9 Å². The van der Waals surface area contributed by atoms with Gasteiger partial charge in [0.1, 0.15) is 23.2 Å². The van der Waals surface area contributed by atoms with Crippen LogP contribution >= 0.6 is 27.5 Å². The number of benzene rings is 2. The maximum Gasteiger partial charge on any atom is 0.342 e. The predicted octanol–water partition coefficient (Wildman–Crippen LogP) is 6.72. The van der Waals surface area contributed by atoms with Gasteiger partial charge in [0.2, 0.25) is 0 Å². The lowest BCUT2D eigenvalue weighted by atomic mass is 9.70. The summed E-state index contributed by atoms with van der Waals surface area (Å²) in [5.74, 6) is -0.367.